The largest absolute Gasteiger partial charge is 0.364 e. The summed E-state index contributed by atoms with van der Waals surface area (Å²) in [6.45, 7) is 0. The van der Waals surface area contributed by atoms with Crippen LogP contribution in [0.5, 0.6) is 0 Å². The maximum absolute atomic E-state index is 15.1. The van der Waals surface area contributed by atoms with Crippen LogP contribution in [-0.4, -0.2) is 23.1 Å². The number of benzene rings is 2. The van der Waals surface area contributed by atoms with Crippen LogP contribution < -0.4 is 0 Å². The second-order valence-corrected chi connectivity index (χ2v) is 15.3. The van der Waals surface area contributed by atoms with Crippen LogP contribution in [0, 0.1) is 35.5 Å². The topological polar surface area (TPSA) is 77.5 Å². The predicted octanol–water partition coefficient (Wildman–Crippen LogP) is 8.37. The molecule has 2 saturated carbocycles. The third-order valence-electron chi connectivity index (χ3n) is 13.3. The van der Waals surface area contributed by atoms with Gasteiger partial charge in [-0.05, 0) is 36.8 Å². The van der Waals surface area contributed by atoms with Crippen LogP contribution in [0.15, 0.2) is 82.0 Å². The first-order valence-electron chi connectivity index (χ1n) is 18.3. The van der Waals surface area contributed by atoms with E-state index in [0.29, 0.717) is 11.1 Å². The van der Waals surface area contributed by atoms with Crippen molar-refractivity contribution in [3.63, 3.8) is 0 Å². The fourth-order valence-electron chi connectivity index (χ4n) is 11.5. The van der Waals surface area contributed by atoms with E-state index in [9.17, 15) is 9.59 Å². The van der Waals surface area contributed by atoms with Crippen molar-refractivity contribution in [2.45, 2.75) is 89.3 Å². The number of carbonyl (C=O) groups excluding carboxylic acids is 4. The van der Waals surface area contributed by atoms with E-state index >= 15 is 9.59 Å². The first-order valence-corrected chi connectivity index (χ1v) is 18.3. The van der Waals surface area contributed by atoms with Crippen molar-refractivity contribution in [1.82, 2.24) is 0 Å². The van der Waals surface area contributed by atoms with Crippen LogP contribution in [-0.2, 0) is 14.3 Å². The molecule has 2 aliphatic heterocycles. The summed E-state index contributed by atoms with van der Waals surface area (Å²) in [5.74, 6) is -1.43. The molecule has 5 nitrogen and oxygen atoms in total. The molecule has 0 amide bonds. The van der Waals surface area contributed by atoms with Crippen molar-refractivity contribution in [3.8, 4) is 0 Å². The van der Waals surface area contributed by atoms with E-state index in [0.717, 1.165) is 110 Å². The van der Waals surface area contributed by atoms with Gasteiger partial charge >= 0.3 is 0 Å². The summed E-state index contributed by atoms with van der Waals surface area (Å²) in [5.41, 5.74) is 8.64. The average Bonchev–Trinajstić information content (AvgIpc) is 3.71. The van der Waals surface area contributed by atoms with Gasteiger partial charge in [0.1, 0.15) is 0 Å². The van der Waals surface area contributed by atoms with Gasteiger partial charge in [0.25, 0.3) is 0 Å². The number of rotatable bonds is 0. The number of carbonyl (C=O) groups is 4. The van der Waals surface area contributed by atoms with Gasteiger partial charge in [-0.1, -0.05) is 111 Å². The van der Waals surface area contributed by atoms with Crippen LogP contribution in [0.1, 0.15) is 121 Å². The van der Waals surface area contributed by atoms with Gasteiger partial charge in [0.05, 0.1) is 24.0 Å². The van der Waals surface area contributed by atoms with Crippen LogP contribution in [0.2, 0.25) is 0 Å². The van der Waals surface area contributed by atoms with Crippen molar-refractivity contribution in [1.29, 1.82) is 0 Å². The zero-order valence-corrected chi connectivity index (χ0v) is 26.8. The highest BCUT2D eigenvalue weighted by Crippen LogP contribution is 2.65. The lowest BCUT2D eigenvalue weighted by Gasteiger charge is -2.50. The Bertz CT molecular complexity index is 1770. The molecule has 0 spiro atoms. The second kappa shape index (κ2) is 10.4. The Balaban J connectivity index is 1.20. The van der Waals surface area contributed by atoms with Crippen molar-refractivity contribution in [3.05, 3.63) is 104 Å². The number of ketones is 4. The standard InChI is InChI=1S/C42H40O5/c43-37-21-13-9-10-14-22(21)38(44)32-26-18-6-2-4-8-20-28-30(26)29-25(31(32)37)17-5-1-3-7-19-27(29)33-34(28)40(46)36-35(39(33)45)41-23-15-11-12-16-24(23)42(36)47-41/h9-16,25-28,35-36,41-42H,1-8,17-20H2. The van der Waals surface area contributed by atoms with E-state index in [2.05, 4.69) is 12.1 Å². The number of hydrogen-bond donors (Lipinski definition) is 0. The Morgan fingerprint density at radius 3 is 1.21 bits per heavy atom. The molecule has 0 radical (unpaired) electrons. The van der Waals surface area contributed by atoms with E-state index in [1.54, 1.807) is 0 Å². The van der Waals surface area contributed by atoms with Crippen molar-refractivity contribution >= 4 is 23.1 Å². The number of ether oxygens (including phenoxy) is 1. The van der Waals surface area contributed by atoms with Crippen molar-refractivity contribution < 1.29 is 23.9 Å². The zero-order chi connectivity index (χ0) is 31.6. The molecule has 1 saturated heterocycles. The predicted molar refractivity (Wildman–Crippen MR) is 176 cm³/mol. The van der Waals surface area contributed by atoms with Crippen molar-refractivity contribution in [2.75, 3.05) is 0 Å². The minimum atomic E-state index is -0.482. The number of hydrogen-bond acceptors (Lipinski definition) is 5. The van der Waals surface area contributed by atoms with E-state index < -0.39 is 11.8 Å². The molecule has 2 aromatic carbocycles. The van der Waals surface area contributed by atoms with Gasteiger partial charge in [0.2, 0.25) is 0 Å². The molecular weight excluding hydrogens is 584 g/mol. The molecule has 6 aliphatic carbocycles. The number of allylic oxidation sites excluding steroid dienone is 6. The second-order valence-electron chi connectivity index (χ2n) is 15.3. The first-order chi connectivity index (χ1) is 23.1. The SMILES string of the molecule is O=C1C2=C(C(=O)c3ccccc31)C1CCCCCCC3C4=C(C(=O)C5C6OC(c7ccccc76)C5C4=O)C4CCCCCCC2C4=C13. The smallest absolute Gasteiger partial charge is 0.190 e. The summed E-state index contributed by atoms with van der Waals surface area (Å²) < 4.78 is 6.55. The summed E-state index contributed by atoms with van der Waals surface area (Å²) >= 11 is 0. The molecule has 5 heteroatoms. The Morgan fingerprint density at radius 2 is 0.809 bits per heavy atom. The quantitative estimate of drug-likeness (QED) is 0.275. The monoisotopic (exact) mass is 624 g/mol. The Kier molecular flexibility index (Phi) is 6.27. The third-order valence-corrected chi connectivity index (χ3v) is 13.3. The normalized spacial score (nSPS) is 35.7. The van der Waals surface area contributed by atoms with Crippen LogP contribution >= 0.6 is 0 Å². The summed E-state index contributed by atoms with van der Waals surface area (Å²) in [6.07, 6.45) is 10.7. The molecule has 8 atom stereocenters. The average molecular weight is 625 g/mol. The van der Waals surface area contributed by atoms with Gasteiger partial charge in [-0.3, -0.25) is 19.2 Å². The van der Waals surface area contributed by atoms with Crippen LogP contribution in [0.25, 0.3) is 0 Å². The first kappa shape index (κ1) is 28.3. The van der Waals surface area contributed by atoms with Gasteiger partial charge in [0, 0.05) is 57.1 Å². The molecular formula is C42H40O5. The van der Waals surface area contributed by atoms with E-state index in [-0.39, 0.29) is 59.0 Å². The Hall–Kier alpha value is -3.70. The number of fused-ring (bicyclic) bond motifs is 13. The molecule has 0 N–H and O–H groups in total. The molecule has 2 heterocycles. The Labute approximate surface area is 275 Å². The molecule has 8 unspecified atom stereocenters. The van der Waals surface area contributed by atoms with Gasteiger partial charge in [-0.25, -0.2) is 0 Å². The highest BCUT2D eigenvalue weighted by molar-refractivity contribution is 6.28. The summed E-state index contributed by atoms with van der Waals surface area (Å²) in [7, 11) is 0. The Morgan fingerprint density at radius 1 is 0.447 bits per heavy atom. The zero-order valence-electron chi connectivity index (χ0n) is 26.8. The summed E-state index contributed by atoms with van der Waals surface area (Å²) in [6, 6.07) is 15.5. The summed E-state index contributed by atoms with van der Waals surface area (Å²) in [5, 5.41) is 0. The maximum atomic E-state index is 15.1. The lowest BCUT2D eigenvalue weighted by atomic mass is 9.51. The van der Waals surface area contributed by atoms with E-state index in [1.165, 1.54) is 11.1 Å². The maximum Gasteiger partial charge on any atom is 0.190 e. The lowest BCUT2D eigenvalue weighted by Crippen LogP contribution is -2.48. The molecule has 8 aliphatic rings. The van der Waals surface area contributed by atoms with Gasteiger partial charge < -0.3 is 4.74 Å². The molecule has 2 bridgehead atoms. The fourth-order valence-corrected chi connectivity index (χ4v) is 11.5. The number of Topliss-reactive ketones (excluding diaryl/α,β-unsaturated/α-hetero) is 4. The molecule has 10 rings (SSSR count). The molecule has 47 heavy (non-hydrogen) atoms. The molecule has 0 aromatic heterocycles. The van der Waals surface area contributed by atoms with Crippen LogP contribution in [0.4, 0.5) is 0 Å². The highest BCUT2D eigenvalue weighted by Gasteiger charge is 2.64. The van der Waals surface area contributed by atoms with E-state index in [4.69, 9.17) is 4.74 Å². The van der Waals surface area contributed by atoms with Gasteiger partial charge in [0.15, 0.2) is 23.1 Å². The fraction of sp³-hybridized carbons (Fsp3) is 0.476. The molecule has 3 fully saturated rings. The lowest BCUT2D eigenvalue weighted by molar-refractivity contribution is -0.131. The minimum absolute atomic E-state index is 0.00478. The van der Waals surface area contributed by atoms with Crippen molar-refractivity contribution in [2.24, 2.45) is 35.5 Å². The third kappa shape index (κ3) is 3.70. The van der Waals surface area contributed by atoms with E-state index in [1.807, 2.05) is 36.4 Å². The van der Waals surface area contributed by atoms with Gasteiger partial charge in [-0.2, -0.15) is 0 Å². The molecule has 2 aromatic rings. The molecule has 238 valence electrons. The summed E-state index contributed by atoms with van der Waals surface area (Å²) in [4.78, 5) is 59.5. The van der Waals surface area contributed by atoms with Gasteiger partial charge in [-0.15, -0.1) is 0 Å². The van der Waals surface area contributed by atoms with Crippen LogP contribution in [0.3, 0.4) is 0 Å². The minimum Gasteiger partial charge on any atom is -0.364 e. The highest BCUT2D eigenvalue weighted by atomic mass is 16.5.